The summed E-state index contributed by atoms with van der Waals surface area (Å²) < 4.78 is 7.60. The minimum Gasteiger partial charge on any atom is -0.491 e. The van der Waals surface area contributed by atoms with Crippen molar-refractivity contribution in [3.05, 3.63) is 78.4 Å². The first-order valence-corrected chi connectivity index (χ1v) is 7.89. The summed E-state index contributed by atoms with van der Waals surface area (Å²) in [7, 11) is 0. The van der Waals surface area contributed by atoms with Gasteiger partial charge in [-0.05, 0) is 36.2 Å². The lowest BCUT2D eigenvalue weighted by molar-refractivity contribution is 0.0915. The Morgan fingerprint density at radius 3 is 3.00 bits per heavy atom. The second-order valence-electron chi connectivity index (χ2n) is 5.81. The van der Waals surface area contributed by atoms with E-state index < -0.39 is 0 Å². The van der Waals surface area contributed by atoms with E-state index in [1.165, 1.54) is 0 Å². The minimum absolute atomic E-state index is 0.0238. The molecule has 0 aliphatic carbocycles. The quantitative estimate of drug-likeness (QED) is 0.807. The van der Waals surface area contributed by atoms with E-state index in [2.05, 4.69) is 10.3 Å². The average molecular weight is 319 g/mol. The molecule has 0 saturated heterocycles. The van der Waals surface area contributed by atoms with Crippen LogP contribution in [0.5, 0.6) is 5.75 Å². The first-order valence-electron chi connectivity index (χ1n) is 7.89. The van der Waals surface area contributed by atoms with Gasteiger partial charge in [0, 0.05) is 23.6 Å². The number of rotatable bonds is 3. The van der Waals surface area contributed by atoms with E-state index >= 15 is 0 Å². The number of fused-ring (bicyclic) bond motifs is 1. The third kappa shape index (κ3) is 2.88. The molecule has 4 rings (SSSR count). The summed E-state index contributed by atoms with van der Waals surface area (Å²) in [4.78, 5) is 16.6. The molecule has 24 heavy (non-hydrogen) atoms. The van der Waals surface area contributed by atoms with Gasteiger partial charge in [0.25, 0.3) is 5.91 Å². The van der Waals surface area contributed by atoms with Crippen molar-refractivity contribution in [3.8, 4) is 11.4 Å². The normalized spacial score (nSPS) is 16.1. The SMILES string of the molecule is O=C(N[C@@H]1COc2ccccc2C1)c1cccc(-n2ccnc2)c1. The molecule has 1 aliphatic heterocycles. The van der Waals surface area contributed by atoms with Crippen molar-refractivity contribution in [2.24, 2.45) is 0 Å². The molecule has 5 nitrogen and oxygen atoms in total. The Morgan fingerprint density at radius 2 is 2.12 bits per heavy atom. The van der Waals surface area contributed by atoms with E-state index in [0.29, 0.717) is 12.2 Å². The number of aromatic nitrogens is 2. The molecule has 1 aromatic heterocycles. The zero-order valence-electron chi connectivity index (χ0n) is 13.1. The Morgan fingerprint density at radius 1 is 1.21 bits per heavy atom. The average Bonchev–Trinajstić information content (AvgIpc) is 3.16. The molecule has 0 unspecified atom stereocenters. The van der Waals surface area contributed by atoms with Gasteiger partial charge in [0.05, 0.1) is 12.4 Å². The molecule has 3 aromatic rings. The molecule has 1 N–H and O–H groups in total. The van der Waals surface area contributed by atoms with Crippen molar-refractivity contribution in [1.82, 2.24) is 14.9 Å². The lowest BCUT2D eigenvalue weighted by Crippen LogP contribution is -2.42. The van der Waals surface area contributed by atoms with Crippen LogP contribution in [0.4, 0.5) is 0 Å². The molecule has 0 spiro atoms. The number of hydrogen-bond donors (Lipinski definition) is 1. The Bertz CT molecular complexity index is 859. The largest absolute Gasteiger partial charge is 0.491 e. The Hall–Kier alpha value is -3.08. The molecule has 1 aliphatic rings. The van der Waals surface area contributed by atoms with Gasteiger partial charge in [0.1, 0.15) is 12.4 Å². The number of nitrogens with one attached hydrogen (secondary N) is 1. The van der Waals surface area contributed by atoms with Gasteiger partial charge in [-0.25, -0.2) is 4.98 Å². The molecular weight excluding hydrogens is 302 g/mol. The third-order valence-corrected chi connectivity index (χ3v) is 4.13. The second-order valence-corrected chi connectivity index (χ2v) is 5.81. The maximum atomic E-state index is 12.6. The first kappa shape index (κ1) is 14.5. The van der Waals surface area contributed by atoms with Gasteiger partial charge in [-0.2, -0.15) is 0 Å². The van der Waals surface area contributed by atoms with Gasteiger partial charge in [-0.15, -0.1) is 0 Å². The fourth-order valence-electron chi connectivity index (χ4n) is 2.91. The van der Waals surface area contributed by atoms with E-state index in [1.54, 1.807) is 12.5 Å². The van der Waals surface area contributed by atoms with Crippen molar-refractivity contribution in [2.45, 2.75) is 12.5 Å². The lowest BCUT2D eigenvalue weighted by Gasteiger charge is -2.26. The van der Waals surface area contributed by atoms with Crippen molar-refractivity contribution >= 4 is 5.91 Å². The molecule has 1 atom stereocenters. The number of imidazole rings is 1. The number of hydrogen-bond acceptors (Lipinski definition) is 3. The van der Waals surface area contributed by atoms with E-state index in [0.717, 1.165) is 23.4 Å². The summed E-state index contributed by atoms with van der Waals surface area (Å²) in [6, 6.07) is 15.4. The maximum Gasteiger partial charge on any atom is 0.251 e. The summed E-state index contributed by atoms with van der Waals surface area (Å²) >= 11 is 0. The predicted octanol–water partition coefficient (Wildman–Crippen LogP) is 2.61. The zero-order valence-corrected chi connectivity index (χ0v) is 13.1. The highest BCUT2D eigenvalue weighted by molar-refractivity contribution is 5.95. The first-order chi connectivity index (χ1) is 11.8. The molecule has 2 heterocycles. The van der Waals surface area contributed by atoms with Crippen LogP contribution in [0.25, 0.3) is 5.69 Å². The monoisotopic (exact) mass is 319 g/mol. The van der Waals surface area contributed by atoms with Gasteiger partial charge in [0.15, 0.2) is 0 Å². The summed E-state index contributed by atoms with van der Waals surface area (Å²) in [5, 5.41) is 3.06. The molecule has 0 fully saturated rings. The van der Waals surface area contributed by atoms with E-state index in [4.69, 9.17) is 4.74 Å². The smallest absolute Gasteiger partial charge is 0.251 e. The Labute approximate surface area is 139 Å². The van der Waals surface area contributed by atoms with Crippen LogP contribution >= 0.6 is 0 Å². The fraction of sp³-hybridized carbons (Fsp3) is 0.158. The number of nitrogens with zero attached hydrogens (tertiary/aromatic N) is 2. The summed E-state index contributed by atoms with van der Waals surface area (Å²) in [6.07, 6.45) is 6.05. The molecular formula is C19H17N3O2. The molecule has 1 amide bonds. The Balaban J connectivity index is 1.48. The van der Waals surface area contributed by atoms with E-state index in [1.807, 2.05) is 59.3 Å². The van der Waals surface area contributed by atoms with Gasteiger partial charge in [-0.1, -0.05) is 24.3 Å². The van der Waals surface area contributed by atoms with Gasteiger partial charge in [0.2, 0.25) is 0 Å². The maximum absolute atomic E-state index is 12.6. The van der Waals surface area contributed by atoms with Crippen LogP contribution in [0.2, 0.25) is 0 Å². The predicted molar refractivity (Wildman–Crippen MR) is 90.5 cm³/mol. The summed E-state index contributed by atoms with van der Waals surface area (Å²) in [5.74, 6) is 0.815. The second kappa shape index (κ2) is 6.20. The van der Waals surface area contributed by atoms with Crippen LogP contribution in [0, 0.1) is 0 Å². The van der Waals surface area contributed by atoms with Crippen molar-refractivity contribution in [2.75, 3.05) is 6.61 Å². The lowest BCUT2D eigenvalue weighted by atomic mass is 10.0. The van der Waals surface area contributed by atoms with Crippen molar-refractivity contribution in [1.29, 1.82) is 0 Å². The van der Waals surface area contributed by atoms with Crippen LogP contribution in [0.1, 0.15) is 15.9 Å². The van der Waals surface area contributed by atoms with E-state index in [9.17, 15) is 4.79 Å². The molecule has 0 bridgehead atoms. The summed E-state index contributed by atoms with van der Waals surface area (Å²) in [5.41, 5.74) is 2.66. The highest BCUT2D eigenvalue weighted by atomic mass is 16.5. The molecule has 0 radical (unpaired) electrons. The standard InChI is InChI=1S/C19H17N3O2/c23-19(15-5-3-6-17(11-15)22-9-8-20-13-22)21-16-10-14-4-1-2-7-18(14)24-12-16/h1-9,11,13,16H,10,12H2,(H,21,23)/t16-/m0/s1. The Kier molecular flexibility index (Phi) is 3.75. The number of amides is 1. The number of carbonyl (C=O) groups is 1. The number of ether oxygens (including phenoxy) is 1. The van der Waals surface area contributed by atoms with E-state index in [-0.39, 0.29) is 11.9 Å². The van der Waals surface area contributed by atoms with Crippen LogP contribution in [0.3, 0.4) is 0 Å². The van der Waals surface area contributed by atoms with Crippen molar-refractivity contribution in [3.63, 3.8) is 0 Å². The third-order valence-electron chi connectivity index (χ3n) is 4.13. The number of para-hydroxylation sites is 1. The van der Waals surface area contributed by atoms with Crippen LogP contribution < -0.4 is 10.1 Å². The number of benzene rings is 2. The zero-order chi connectivity index (χ0) is 16.4. The van der Waals surface area contributed by atoms with Crippen LogP contribution in [-0.4, -0.2) is 28.1 Å². The van der Waals surface area contributed by atoms with Crippen molar-refractivity contribution < 1.29 is 9.53 Å². The molecule has 120 valence electrons. The molecule has 5 heteroatoms. The highest BCUT2D eigenvalue weighted by Crippen LogP contribution is 2.24. The number of carbonyl (C=O) groups excluding carboxylic acids is 1. The van der Waals surface area contributed by atoms with Gasteiger partial charge < -0.3 is 14.6 Å². The van der Waals surface area contributed by atoms with Gasteiger partial charge in [-0.3, -0.25) is 4.79 Å². The molecule has 2 aromatic carbocycles. The fourth-order valence-corrected chi connectivity index (χ4v) is 2.91. The summed E-state index contributed by atoms with van der Waals surface area (Å²) in [6.45, 7) is 0.490. The van der Waals surface area contributed by atoms with Gasteiger partial charge >= 0.3 is 0 Å². The highest BCUT2D eigenvalue weighted by Gasteiger charge is 2.21. The van der Waals surface area contributed by atoms with Crippen LogP contribution in [0.15, 0.2) is 67.3 Å². The van der Waals surface area contributed by atoms with Crippen LogP contribution in [-0.2, 0) is 6.42 Å². The molecule has 0 saturated carbocycles. The topological polar surface area (TPSA) is 56.1 Å². The minimum atomic E-state index is -0.0926.